The number of hydrogen-bond acceptors (Lipinski definition) is 3. The SMILES string of the molecule is CNCc1ccc(N(C)C(C)COC)c(Br)c1. The van der Waals surface area contributed by atoms with Crippen LogP contribution in [0, 0.1) is 0 Å². The molecular formula is C13H21BrN2O. The van der Waals surface area contributed by atoms with E-state index in [-0.39, 0.29) is 0 Å². The zero-order chi connectivity index (χ0) is 12.8. The Kier molecular flexibility index (Phi) is 5.95. The van der Waals surface area contributed by atoms with Crippen molar-refractivity contribution in [1.29, 1.82) is 0 Å². The number of ether oxygens (including phenoxy) is 1. The van der Waals surface area contributed by atoms with Crippen molar-refractivity contribution in [3.8, 4) is 0 Å². The van der Waals surface area contributed by atoms with Crippen LogP contribution in [0.5, 0.6) is 0 Å². The van der Waals surface area contributed by atoms with E-state index in [9.17, 15) is 0 Å². The molecular weight excluding hydrogens is 280 g/mol. The molecule has 0 bridgehead atoms. The van der Waals surface area contributed by atoms with Crippen LogP contribution in [0.15, 0.2) is 22.7 Å². The minimum atomic E-state index is 0.353. The van der Waals surface area contributed by atoms with Gasteiger partial charge in [0.25, 0.3) is 0 Å². The molecule has 0 fully saturated rings. The monoisotopic (exact) mass is 300 g/mol. The van der Waals surface area contributed by atoms with Gasteiger partial charge in [0.15, 0.2) is 0 Å². The third-order valence-electron chi connectivity index (χ3n) is 2.84. The zero-order valence-electron chi connectivity index (χ0n) is 11.0. The van der Waals surface area contributed by atoms with Crippen LogP contribution >= 0.6 is 15.9 Å². The molecule has 17 heavy (non-hydrogen) atoms. The molecule has 0 spiro atoms. The average Bonchev–Trinajstić information content (AvgIpc) is 2.29. The van der Waals surface area contributed by atoms with Crippen molar-refractivity contribution in [3.63, 3.8) is 0 Å². The molecule has 4 heteroatoms. The van der Waals surface area contributed by atoms with E-state index in [0.29, 0.717) is 6.04 Å². The lowest BCUT2D eigenvalue weighted by Crippen LogP contribution is -2.32. The highest BCUT2D eigenvalue weighted by Crippen LogP contribution is 2.27. The molecule has 1 N–H and O–H groups in total. The van der Waals surface area contributed by atoms with Crippen molar-refractivity contribution >= 4 is 21.6 Å². The number of nitrogens with one attached hydrogen (secondary N) is 1. The fourth-order valence-corrected chi connectivity index (χ4v) is 2.45. The van der Waals surface area contributed by atoms with Crippen molar-refractivity contribution in [2.45, 2.75) is 19.5 Å². The molecule has 0 heterocycles. The molecule has 0 amide bonds. The topological polar surface area (TPSA) is 24.5 Å². The van der Waals surface area contributed by atoms with Crippen LogP contribution in [0.25, 0.3) is 0 Å². The Morgan fingerprint density at radius 3 is 2.71 bits per heavy atom. The van der Waals surface area contributed by atoms with Gasteiger partial charge in [-0.1, -0.05) is 6.07 Å². The van der Waals surface area contributed by atoms with Crippen LogP contribution in [0.1, 0.15) is 12.5 Å². The number of nitrogens with zero attached hydrogens (tertiary/aromatic N) is 1. The molecule has 96 valence electrons. The summed E-state index contributed by atoms with van der Waals surface area (Å²) < 4.78 is 6.30. The summed E-state index contributed by atoms with van der Waals surface area (Å²) in [6.45, 7) is 3.76. The van der Waals surface area contributed by atoms with Crippen LogP contribution in [0.4, 0.5) is 5.69 Å². The Hall–Kier alpha value is -0.580. The highest BCUT2D eigenvalue weighted by molar-refractivity contribution is 9.10. The van der Waals surface area contributed by atoms with Crippen LogP contribution in [0.2, 0.25) is 0 Å². The summed E-state index contributed by atoms with van der Waals surface area (Å²) in [5.74, 6) is 0. The van der Waals surface area contributed by atoms with E-state index < -0.39 is 0 Å². The summed E-state index contributed by atoms with van der Waals surface area (Å²) in [6, 6.07) is 6.80. The second-order valence-corrected chi connectivity index (χ2v) is 5.09. The van der Waals surface area contributed by atoms with Gasteiger partial charge in [-0.05, 0) is 47.6 Å². The Bertz CT molecular complexity index is 357. The van der Waals surface area contributed by atoms with E-state index in [2.05, 4.69) is 58.3 Å². The van der Waals surface area contributed by atoms with Gasteiger partial charge in [0.2, 0.25) is 0 Å². The van der Waals surface area contributed by atoms with Crippen LogP contribution < -0.4 is 10.2 Å². The van der Waals surface area contributed by atoms with E-state index in [1.165, 1.54) is 11.3 Å². The first-order valence-corrected chi connectivity index (χ1v) is 6.54. The Balaban J connectivity index is 2.83. The Morgan fingerprint density at radius 2 is 2.18 bits per heavy atom. The summed E-state index contributed by atoms with van der Waals surface area (Å²) >= 11 is 3.63. The van der Waals surface area contributed by atoms with Gasteiger partial charge >= 0.3 is 0 Å². The van der Waals surface area contributed by atoms with Gasteiger partial charge in [0.05, 0.1) is 12.3 Å². The first-order valence-electron chi connectivity index (χ1n) is 5.75. The smallest absolute Gasteiger partial charge is 0.0663 e. The van der Waals surface area contributed by atoms with E-state index in [0.717, 1.165) is 17.6 Å². The molecule has 1 aromatic carbocycles. The van der Waals surface area contributed by atoms with Gasteiger partial charge in [-0.3, -0.25) is 0 Å². The first kappa shape index (κ1) is 14.5. The third kappa shape index (κ3) is 3.98. The summed E-state index contributed by atoms with van der Waals surface area (Å²) in [6.07, 6.45) is 0. The second kappa shape index (κ2) is 6.99. The van der Waals surface area contributed by atoms with E-state index in [1.807, 2.05) is 7.05 Å². The molecule has 0 aliphatic rings. The molecule has 1 rings (SSSR count). The molecule has 1 atom stereocenters. The second-order valence-electron chi connectivity index (χ2n) is 4.23. The molecule has 1 aromatic rings. The number of hydrogen-bond donors (Lipinski definition) is 1. The largest absolute Gasteiger partial charge is 0.383 e. The van der Waals surface area contributed by atoms with E-state index in [4.69, 9.17) is 4.74 Å². The van der Waals surface area contributed by atoms with E-state index in [1.54, 1.807) is 7.11 Å². The molecule has 0 aliphatic heterocycles. The fraction of sp³-hybridized carbons (Fsp3) is 0.538. The molecule has 1 unspecified atom stereocenters. The van der Waals surface area contributed by atoms with Crippen molar-refractivity contribution in [3.05, 3.63) is 28.2 Å². The van der Waals surface area contributed by atoms with Crippen molar-refractivity contribution in [1.82, 2.24) is 5.32 Å². The van der Waals surface area contributed by atoms with Crippen LogP contribution in [-0.2, 0) is 11.3 Å². The number of anilines is 1. The minimum Gasteiger partial charge on any atom is -0.383 e. The number of methoxy groups -OCH3 is 1. The zero-order valence-corrected chi connectivity index (χ0v) is 12.5. The number of rotatable bonds is 6. The summed E-state index contributed by atoms with van der Waals surface area (Å²) in [5.41, 5.74) is 2.46. The maximum absolute atomic E-state index is 5.18. The summed E-state index contributed by atoms with van der Waals surface area (Å²) in [7, 11) is 5.77. The third-order valence-corrected chi connectivity index (χ3v) is 3.48. The predicted octanol–water partition coefficient (Wildman–Crippen LogP) is 2.64. The van der Waals surface area contributed by atoms with Gasteiger partial charge in [-0.2, -0.15) is 0 Å². The van der Waals surface area contributed by atoms with Gasteiger partial charge in [-0.15, -0.1) is 0 Å². The Morgan fingerprint density at radius 1 is 1.47 bits per heavy atom. The quantitative estimate of drug-likeness (QED) is 0.874. The van der Waals surface area contributed by atoms with Gasteiger partial charge in [0.1, 0.15) is 0 Å². The molecule has 0 radical (unpaired) electrons. The maximum Gasteiger partial charge on any atom is 0.0663 e. The highest BCUT2D eigenvalue weighted by atomic mass is 79.9. The lowest BCUT2D eigenvalue weighted by Gasteiger charge is -2.27. The van der Waals surface area contributed by atoms with Gasteiger partial charge in [0, 0.05) is 31.2 Å². The lowest BCUT2D eigenvalue weighted by atomic mass is 10.2. The molecule has 0 aromatic heterocycles. The average molecular weight is 301 g/mol. The van der Waals surface area contributed by atoms with Crippen LogP contribution in [-0.4, -0.2) is 33.9 Å². The fourth-order valence-electron chi connectivity index (χ4n) is 1.74. The highest BCUT2D eigenvalue weighted by Gasteiger charge is 2.12. The number of benzene rings is 1. The molecule has 3 nitrogen and oxygen atoms in total. The Labute approximate surface area is 112 Å². The predicted molar refractivity (Wildman–Crippen MR) is 76.6 cm³/mol. The van der Waals surface area contributed by atoms with Crippen molar-refractivity contribution < 1.29 is 4.74 Å². The standard InChI is InChI=1S/C13H21BrN2O/c1-10(9-17-4)16(3)13-6-5-11(8-15-2)7-12(13)14/h5-7,10,15H,8-9H2,1-4H3. The summed E-state index contributed by atoms with van der Waals surface area (Å²) in [5, 5.41) is 3.15. The molecule has 0 aliphatic carbocycles. The van der Waals surface area contributed by atoms with Gasteiger partial charge < -0.3 is 15.0 Å². The normalized spacial score (nSPS) is 12.5. The minimum absolute atomic E-state index is 0.353. The van der Waals surface area contributed by atoms with Crippen molar-refractivity contribution in [2.24, 2.45) is 0 Å². The lowest BCUT2D eigenvalue weighted by molar-refractivity contribution is 0.183. The maximum atomic E-state index is 5.18. The molecule has 0 saturated heterocycles. The van der Waals surface area contributed by atoms with Crippen LogP contribution in [0.3, 0.4) is 0 Å². The molecule has 0 saturated carbocycles. The summed E-state index contributed by atoms with van der Waals surface area (Å²) in [4.78, 5) is 2.22. The van der Waals surface area contributed by atoms with E-state index >= 15 is 0 Å². The number of likely N-dealkylation sites (N-methyl/N-ethyl adjacent to an activating group) is 1. The first-order chi connectivity index (χ1) is 8.10. The van der Waals surface area contributed by atoms with Crippen molar-refractivity contribution in [2.75, 3.05) is 32.7 Å². The number of halogens is 1. The van der Waals surface area contributed by atoms with Gasteiger partial charge in [-0.25, -0.2) is 0 Å².